The molecule has 1 aliphatic rings. The Morgan fingerprint density at radius 3 is 2.26 bits per heavy atom. The zero-order valence-corrected chi connectivity index (χ0v) is 18.2. The van der Waals surface area contributed by atoms with E-state index in [2.05, 4.69) is 15.6 Å². The average Bonchev–Trinajstić information content (AvgIpc) is 3.13. The van der Waals surface area contributed by atoms with Crippen LogP contribution in [-0.2, 0) is 6.54 Å². The highest BCUT2D eigenvalue weighted by Gasteiger charge is 2.34. The molecular formula is C21H27N7O3. The first kappa shape index (κ1) is 21.2. The van der Waals surface area contributed by atoms with Gasteiger partial charge < -0.3 is 20.2 Å². The molecule has 0 spiro atoms. The molecule has 1 aliphatic heterocycles. The minimum absolute atomic E-state index is 0.274. The number of carbonyl (C=O) groups is 2. The van der Waals surface area contributed by atoms with Crippen LogP contribution in [0.25, 0.3) is 21.8 Å². The van der Waals surface area contributed by atoms with E-state index in [0.717, 1.165) is 17.4 Å². The number of fused-ring (bicyclic) bond motifs is 2. The number of nitrogens with one attached hydrogen (secondary N) is 1. The standard InChI is InChI=1S/C21H27N7O3/c1-25(2)5-7-27-20(30)15-10-13(22-12-29)9-14-18(15)16(21(27)31)11-17-19(14)28(24-23-17)8-6-26(3)4/h9-11,22,29H,5-8,12H2,1-4H3. The molecule has 0 atom stereocenters. The van der Waals surface area contributed by atoms with Gasteiger partial charge >= 0.3 is 0 Å². The number of rotatable bonds is 8. The van der Waals surface area contributed by atoms with E-state index in [9.17, 15) is 14.7 Å². The summed E-state index contributed by atoms with van der Waals surface area (Å²) in [4.78, 5) is 31.8. The summed E-state index contributed by atoms with van der Waals surface area (Å²) in [6, 6.07) is 5.27. The summed E-state index contributed by atoms with van der Waals surface area (Å²) in [5.74, 6) is -0.658. The van der Waals surface area contributed by atoms with Crippen molar-refractivity contribution in [2.75, 3.05) is 59.9 Å². The number of imide groups is 1. The van der Waals surface area contributed by atoms with Crippen LogP contribution in [0.1, 0.15) is 20.7 Å². The molecule has 0 aliphatic carbocycles. The number of likely N-dealkylation sites (N-methyl/N-ethyl adjacent to an activating group) is 2. The molecule has 31 heavy (non-hydrogen) atoms. The Kier molecular flexibility index (Phi) is 5.61. The van der Waals surface area contributed by atoms with Crippen molar-refractivity contribution in [1.82, 2.24) is 29.7 Å². The Hall–Kier alpha value is -3.08. The minimum atomic E-state index is -0.336. The van der Waals surface area contributed by atoms with E-state index >= 15 is 0 Å². The molecule has 2 N–H and O–H groups in total. The third-order valence-corrected chi connectivity index (χ3v) is 5.47. The zero-order chi connectivity index (χ0) is 22.3. The molecule has 3 aromatic rings. The smallest absolute Gasteiger partial charge is 0.261 e. The van der Waals surface area contributed by atoms with Crippen molar-refractivity contribution >= 4 is 39.3 Å². The molecule has 4 rings (SSSR count). The van der Waals surface area contributed by atoms with Crippen LogP contribution in [0.4, 0.5) is 5.69 Å². The predicted molar refractivity (Wildman–Crippen MR) is 118 cm³/mol. The molecule has 2 aromatic carbocycles. The first-order chi connectivity index (χ1) is 14.8. The molecule has 1 aromatic heterocycles. The summed E-state index contributed by atoms with van der Waals surface area (Å²) >= 11 is 0. The molecule has 10 nitrogen and oxygen atoms in total. The lowest BCUT2D eigenvalue weighted by molar-refractivity contribution is 0.0601. The van der Waals surface area contributed by atoms with E-state index in [1.807, 2.05) is 44.1 Å². The second-order valence-corrected chi connectivity index (χ2v) is 8.25. The lowest BCUT2D eigenvalue weighted by Crippen LogP contribution is -2.43. The fourth-order valence-electron chi connectivity index (χ4n) is 3.90. The SMILES string of the molecule is CN(C)CCN1C(=O)c2cc(NCO)cc3c2c(cc2nnn(CCN(C)C)c23)C1=O. The summed E-state index contributed by atoms with van der Waals surface area (Å²) in [5.41, 5.74) is 2.85. The second-order valence-electron chi connectivity index (χ2n) is 8.25. The number of nitrogens with zero attached hydrogens (tertiary/aromatic N) is 6. The average molecular weight is 425 g/mol. The van der Waals surface area contributed by atoms with Gasteiger partial charge in [-0.2, -0.15) is 0 Å². The Labute approximate surface area is 180 Å². The van der Waals surface area contributed by atoms with E-state index in [-0.39, 0.29) is 25.1 Å². The molecule has 10 heteroatoms. The number of amides is 2. The maximum absolute atomic E-state index is 13.3. The third kappa shape index (κ3) is 3.73. The normalized spacial score (nSPS) is 14.0. The molecular weight excluding hydrogens is 398 g/mol. The first-order valence-electron chi connectivity index (χ1n) is 10.2. The van der Waals surface area contributed by atoms with Crippen molar-refractivity contribution in [3.05, 3.63) is 29.3 Å². The number of carbonyl (C=O) groups excluding carboxylic acids is 2. The van der Waals surface area contributed by atoms with Gasteiger partial charge in [-0.15, -0.1) is 5.10 Å². The van der Waals surface area contributed by atoms with Crippen molar-refractivity contribution in [1.29, 1.82) is 0 Å². The van der Waals surface area contributed by atoms with E-state index in [1.165, 1.54) is 4.90 Å². The van der Waals surface area contributed by atoms with Gasteiger partial charge in [-0.3, -0.25) is 14.5 Å². The largest absolute Gasteiger partial charge is 0.377 e. The van der Waals surface area contributed by atoms with Crippen LogP contribution >= 0.6 is 0 Å². The van der Waals surface area contributed by atoms with E-state index in [4.69, 9.17) is 0 Å². The van der Waals surface area contributed by atoms with Gasteiger partial charge in [0.2, 0.25) is 0 Å². The number of benzene rings is 2. The Morgan fingerprint density at radius 2 is 1.61 bits per heavy atom. The summed E-state index contributed by atoms with van der Waals surface area (Å²) in [7, 11) is 7.75. The number of aliphatic hydroxyl groups is 1. The van der Waals surface area contributed by atoms with Gasteiger partial charge in [0.05, 0.1) is 23.2 Å². The molecule has 0 fully saturated rings. The monoisotopic (exact) mass is 425 g/mol. The van der Waals surface area contributed by atoms with Gasteiger partial charge in [-0.05, 0) is 46.4 Å². The molecule has 0 saturated carbocycles. The fourth-order valence-corrected chi connectivity index (χ4v) is 3.90. The lowest BCUT2D eigenvalue weighted by atomic mass is 9.92. The number of aliphatic hydroxyl groups excluding tert-OH is 1. The van der Waals surface area contributed by atoms with E-state index < -0.39 is 0 Å². The van der Waals surface area contributed by atoms with Gasteiger partial charge in [-0.25, -0.2) is 4.68 Å². The lowest BCUT2D eigenvalue weighted by Gasteiger charge is -2.28. The maximum Gasteiger partial charge on any atom is 0.261 e. The second kappa shape index (κ2) is 8.22. The van der Waals surface area contributed by atoms with Crippen LogP contribution in [0.5, 0.6) is 0 Å². The highest BCUT2D eigenvalue weighted by atomic mass is 16.3. The van der Waals surface area contributed by atoms with Gasteiger partial charge in [0, 0.05) is 36.1 Å². The van der Waals surface area contributed by atoms with Crippen molar-refractivity contribution in [3.8, 4) is 0 Å². The predicted octanol–water partition coefficient (Wildman–Crippen LogP) is 0.665. The molecule has 0 radical (unpaired) electrons. The quantitative estimate of drug-likeness (QED) is 0.401. The van der Waals surface area contributed by atoms with E-state index in [1.54, 1.807) is 16.8 Å². The Morgan fingerprint density at radius 1 is 0.968 bits per heavy atom. The molecule has 2 heterocycles. The minimum Gasteiger partial charge on any atom is -0.377 e. The van der Waals surface area contributed by atoms with Crippen molar-refractivity contribution in [3.63, 3.8) is 0 Å². The van der Waals surface area contributed by atoms with Gasteiger partial charge in [0.25, 0.3) is 11.8 Å². The highest BCUT2D eigenvalue weighted by Crippen LogP contribution is 2.37. The maximum atomic E-state index is 13.3. The molecule has 0 bridgehead atoms. The molecule has 2 amide bonds. The number of hydrogen-bond donors (Lipinski definition) is 2. The van der Waals surface area contributed by atoms with E-state index in [0.29, 0.717) is 40.8 Å². The molecule has 0 unspecified atom stereocenters. The van der Waals surface area contributed by atoms with Crippen molar-refractivity contribution in [2.24, 2.45) is 0 Å². The van der Waals surface area contributed by atoms with Crippen LogP contribution in [0.15, 0.2) is 18.2 Å². The van der Waals surface area contributed by atoms with Crippen molar-refractivity contribution < 1.29 is 14.7 Å². The summed E-state index contributed by atoms with van der Waals surface area (Å²) < 4.78 is 1.80. The molecule has 164 valence electrons. The number of anilines is 1. The first-order valence-corrected chi connectivity index (χ1v) is 10.2. The van der Waals surface area contributed by atoms with Crippen LogP contribution in [0, 0.1) is 0 Å². The van der Waals surface area contributed by atoms with Gasteiger partial charge in [0.15, 0.2) is 0 Å². The highest BCUT2D eigenvalue weighted by molar-refractivity contribution is 6.29. The third-order valence-electron chi connectivity index (χ3n) is 5.47. The van der Waals surface area contributed by atoms with Crippen LogP contribution in [0.2, 0.25) is 0 Å². The fraction of sp³-hybridized carbons (Fsp3) is 0.429. The zero-order valence-electron chi connectivity index (χ0n) is 18.2. The molecule has 0 saturated heterocycles. The van der Waals surface area contributed by atoms with Crippen LogP contribution < -0.4 is 5.32 Å². The van der Waals surface area contributed by atoms with Crippen LogP contribution in [-0.4, -0.2) is 101 Å². The Balaban J connectivity index is 1.95. The van der Waals surface area contributed by atoms with Gasteiger partial charge in [-0.1, -0.05) is 5.21 Å². The Bertz CT molecular complexity index is 1170. The summed E-state index contributed by atoms with van der Waals surface area (Å²) in [6.07, 6.45) is 0. The topological polar surface area (TPSA) is 107 Å². The van der Waals surface area contributed by atoms with Crippen molar-refractivity contribution in [2.45, 2.75) is 6.54 Å². The van der Waals surface area contributed by atoms with Gasteiger partial charge in [0.1, 0.15) is 12.2 Å². The number of hydrogen-bond acceptors (Lipinski definition) is 8. The summed E-state index contributed by atoms with van der Waals surface area (Å²) in [6.45, 7) is 1.95. The summed E-state index contributed by atoms with van der Waals surface area (Å²) in [5, 5.41) is 22.2. The van der Waals surface area contributed by atoms with Crippen LogP contribution in [0.3, 0.4) is 0 Å². The number of aromatic nitrogens is 3.